The summed E-state index contributed by atoms with van der Waals surface area (Å²) in [5.74, 6) is 0.227. The van der Waals surface area contributed by atoms with Crippen molar-refractivity contribution in [3.05, 3.63) is 32.6 Å². The van der Waals surface area contributed by atoms with Crippen molar-refractivity contribution in [2.75, 3.05) is 52.9 Å². The first-order chi connectivity index (χ1) is 13.5. The Morgan fingerprint density at radius 3 is 2.64 bits per heavy atom. The molecule has 3 heterocycles. The average Bonchev–Trinajstić information content (AvgIpc) is 2.69. The number of amides is 1. The van der Waals surface area contributed by atoms with Crippen molar-refractivity contribution >= 4 is 5.91 Å². The zero-order valence-corrected chi connectivity index (χ0v) is 16.5. The van der Waals surface area contributed by atoms with Crippen LogP contribution in [0.25, 0.3) is 0 Å². The number of aromatic amines is 2. The van der Waals surface area contributed by atoms with E-state index in [1.165, 1.54) is 6.20 Å². The molecule has 156 valence electrons. The Labute approximate surface area is 164 Å². The standard InChI is InChI=1S/C19H31N5O4/c1-22-6-8-23(9-7-22)16-4-5-24(13-14(16)3-2-10-25)17(26)11-15-12-20-19(28)21-18(15)27/h12,14,16,25H,2-11,13H2,1H3,(H2,20,21,27,28)/t14-,16+/m1/s1. The Hall–Kier alpha value is -1.97. The molecule has 2 aliphatic rings. The summed E-state index contributed by atoms with van der Waals surface area (Å²) in [6, 6.07) is 0.431. The number of aliphatic hydroxyl groups excluding tert-OH is 1. The Morgan fingerprint density at radius 2 is 1.96 bits per heavy atom. The van der Waals surface area contributed by atoms with Crippen molar-refractivity contribution in [2.45, 2.75) is 31.7 Å². The van der Waals surface area contributed by atoms with Crippen LogP contribution in [0.2, 0.25) is 0 Å². The van der Waals surface area contributed by atoms with Gasteiger partial charge in [0.05, 0.1) is 6.42 Å². The molecule has 2 atom stereocenters. The number of likely N-dealkylation sites (tertiary alicyclic amines) is 1. The molecule has 1 amide bonds. The number of piperazine rings is 1. The van der Waals surface area contributed by atoms with E-state index >= 15 is 0 Å². The van der Waals surface area contributed by atoms with Gasteiger partial charge in [-0.25, -0.2) is 4.79 Å². The van der Waals surface area contributed by atoms with E-state index in [0.717, 1.165) is 45.4 Å². The third kappa shape index (κ3) is 5.09. The lowest BCUT2D eigenvalue weighted by molar-refractivity contribution is -0.133. The van der Waals surface area contributed by atoms with Crippen LogP contribution < -0.4 is 11.2 Å². The molecular formula is C19H31N5O4. The summed E-state index contributed by atoms with van der Waals surface area (Å²) in [7, 11) is 2.14. The molecule has 28 heavy (non-hydrogen) atoms. The van der Waals surface area contributed by atoms with Crippen LogP contribution in [0.1, 0.15) is 24.8 Å². The van der Waals surface area contributed by atoms with Gasteiger partial charge in [0.25, 0.3) is 5.56 Å². The summed E-state index contributed by atoms with van der Waals surface area (Å²) >= 11 is 0. The maximum absolute atomic E-state index is 12.8. The second-order valence-electron chi connectivity index (χ2n) is 7.93. The number of carbonyl (C=O) groups is 1. The van der Waals surface area contributed by atoms with Gasteiger partial charge >= 0.3 is 5.69 Å². The minimum absolute atomic E-state index is 0.0159. The predicted octanol–water partition coefficient (Wildman–Crippen LogP) is -1.16. The molecule has 1 aromatic rings. The van der Waals surface area contributed by atoms with Crippen molar-refractivity contribution in [3.8, 4) is 0 Å². The molecule has 0 saturated carbocycles. The van der Waals surface area contributed by atoms with E-state index in [0.29, 0.717) is 25.0 Å². The molecular weight excluding hydrogens is 362 g/mol. The zero-order valence-electron chi connectivity index (χ0n) is 16.5. The molecule has 0 aromatic carbocycles. The van der Waals surface area contributed by atoms with Crippen LogP contribution in [0.3, 0.4) is 0 Å². The smallest absolute Gasteiger partial charge is 0.325 e. The molecule has 0 aliphatic carbocycles. The number of aromatic nitrogens is 2. The highest BCUT2D eigenvalue weighted by molar-refractivity contribution is 5.78. The van der Waals surface area contributed by atoms with Crippen LogP contribution in [0, 0.1) is 5.92 Å². The third-order valence-corrected chi connectivity index (χ3v) is 6.02. The fourth-order valence-corrected chi connectivity index (χ4v) is 4.36. The van der Waals surface area contributed by atoms with E-state index < -0.39 is 11.2 Å². The van der Waals surface area contributed by atoms with Crippen molar-refractivity contribution in [1.29, 1.82) is 0 Å². The lowest BCUT2D eigenvalue weighted by Gasteiger charge is -2.46. The van der Waals surface area contributed by atoms with E-state index in [-0.39, 0.29) is 24.5 Å². The maximum Gasteiger partial charge on any atom is 0.325 e. The Balaban J connectivity index is 1.64. The van der Waals surface area contributed by atoms with Crippen molar-refractivity contribution in [2.24, 2.45) is 5.92 Å². The summed E-state index contributed by atoms with van der Waals surface area (Å²) in [6.45, 7) is 5.67. The normalized spacial score (nSPS) is 24.4. The first kappa shape index (κ1) is 20.8. The van der Waals surface area contributed by atoms with E-state index in [1.807, 2.05) is 4.90 Å². The largest absolute Gasteiger partial charge is 0.396 e. The number of nitrogens with zero attached hydrogens (tertiary/aromatic N) is 3. The Morgan fingerprint density at radius 1 is 1.21 bits per heavy atom. The highest BCUT2D eigenvalue weighted by Crippen LogP contribution is 2.27. The van der Waals surface area contributed by atoms with Crippen molar-refractivity contribution < 1.29 is 9.90 Å². The predicted molar refractivity (Wildman–Crippen MR) is 105 cm³/mol. The number of likely N-dealkylation sites (N-methyl/N-ethyl adjacent to an activating group) is 1. The van der Waals surface area contributed by atoms with Gasteiger partial charge in [0.1, 0.15) is 0 Å². The van der Waals surface area contributed by atoms with Gasteiger partial charge in [0.15, 0.2) is 0 Å². The zero-order chi connectivity index (χ0) is 20.1. The van der Waals surface area contributed by atoms with Crippen LogP contribution in [-0.2, 0) is 11.2 Å². The average molecular weight is 393 g/mol. The highest BCUT2D eigenvalue weighted by Gasteiger charge is 2.35. The van der Waals surface area contributed by atoms with Crippen molar-refractivity contribution in [3.63, 3.8) is 0 Å². The van der Waals surface area contributed by atoms with Crippen LogP contribution in [0.4, 0.5) is 0 Å². The van der Waals surface area contributed by atoms with Gasteiger partial charge < -0.3 is 19.9 Å². The Bertz CT molecular complexity index is 768. The van der Waals surface area contributed by atoms with E-state index in [4.69, 9.17) is 0 Å². The van der Waals surface area contributed by atoms with Crippen LogP contribution in [0.5, 0.6) is 0 Å². The molecule has 0 spiro atoms. The van der Waals surface area contributed by atoms with Crippen LogP contribution in [-0.4, -0.2) is 94.6 Å². The van der Waals surface area contributed by atoms with E-state index in [1.54, 1.807) is 0 Å². The second kappa shape index (κ2) is 9.49. The van der Waals surface area contributed by atoms with Crippen LogP contribution >= 0.6 is 0 Å². The van der Waals surface area contributed by atoms with Gasteiger partial charge in [-0.2, -0.15) is 0 Å². The van der Waals surface area contributed by atoms with E-state index in [2.05, 4.69) is 26.8 Å². The molecule has 0 radical (unpaired) electrons. The van der Waals surface area contributed by atoms with E-state index in [9.17, 15) is 19.5 Å². The summed E-state index contributed by atoms with van der Waals surface area (Å²) in [5, 5.41) is 9.28. The molecule has 0 unspecified atom stereocenters. The molecule has 9 heteroatoms. The van der Waals surface area contributed by atoms with Gasteiger partial charge in [-0.1, -0.05) is 0 Å². The third-order valence-electron chi connectivity index (χ3n) is 6.02. The fraction of sp³-hybridized carbons (Fsp3) is 0.737. The maximum atomic E-state index is 12.8. The topological polar surface area (TPSA) is 113 Å². The molecule has 1 aromatic heterocycles. The van der Waals surface area contributed by atoms with Gasteiger partial charge in [-0.3, -0.25) is 19.5 Å². The van der Waals surface area contributed by atoms with Gasteiger partial charge in [-0.05, 0) is 32.2 Å². The molecule has 2 saturated heterocycles. The van der Waals surface area contributed by atoms with Crippen molar-refractivity contribution in [1.82, 2.24) is 24.7 Å². The molecule has 2 fully saturated rings. The van der Waals surface area contributed by atoms with Gasteiger partial charge in [0.2, 0.25) is 5.91 Å². The molecule has 2 aliphatic heterocycles. The molecule has 9 nitrogen and oxygen atoms in total. The summed E-state index contributed by atoms with van der Waals surface area (Å²) < 4.78 is 0. The van der Waals surface area contributed by atoms with Crippen LogP contribution in [0.15, 0.2) is 15.8 Å². The summed E-state index contributed by atoms with van der Waals surface area (Å²) in [6.07, 6.45) is 3.83. The molecule has 0 bridgehead atoms. The number of carbonyl (C=O) groups excluding carboxylic acids is 1. The SMILES string of the molecule is CN1CCN([C@H]2CCN(C(=O)Cc3c[nH]c(=O)[nH]c3=O)C[C@H]2CCCO)CC1. The minimum atomic E-state index is -0.571. The fourth-order valence-electron chi connectivity index (χ4n) is 4.36. The number of hydrogen-bond acceptors (Lipinski definition) is 6. The Kier molecular flexibility index (Phi) is 7.03. The number of piperidine rings is 1. The first-order valence-corrected chi connectivity index (χ1v) is 10.1. The number of aliphatic hydroxyl groups is 1. The lowest BCUT2D eigenvalue weighted by atomic mass is 9.86. The number of hydrogen-bond donors (Lipinski definition) is 3. The highest BCUT2D eigenvalue weighted by atomic mass is 16.3. The number of rotatable bonds is 6. The molecule has 3 N–H and O–H groups in total. The summed E-state index contributed by atoms with van der Waals surface area (Å²) in [5.41, 5.74) is -0.808. The quantitative estimate of drug-likeness (QED) is 0.562. The lowest BCUT2D eigenvalue weighted by Crippen LogP contribution is -2.57. The second-order valence-corrected chi connectivity index (χ2v) is 7.93. The monoisotopic (exact) mass is 393 g/mol. The van der Waals surface area contributed by atoms with Gasteiger partial charge in [-0.15, -0.1) is 0 Å². The first-order valence-electron chi connectivity index (χ1n) is 10.1. The number of H-pyrrole nitrogens is 2. The summed E-state index contributed by atoms with van der Waals surface area (Å²) in [4.78, 5) is 47.1. The minimum Gasteiger partial charge on any atom is -0.396 e. The van der Waals surface area contributed by atoms with Gasteiger partial charge in [0, 0.05) is 63.7 Å². The molecule has 3 rings (SSSR count). The number of nitrogens with one attached hydrogen (secondary N) is 2.